The van der Waals surface area contributed by atoms with Crippen LogP contribution in [0, 0.1) is 0 Å². The molecule has 0 fully saturated rings. The second kappa shape index (κ2) is 10.3. The molecular weight excluding hydrogens is 507 g/mol. The van der Waals surface area contributed by atoms with Crippen molar-refractivity contribution < 1.29 is 22.1 Å². The van der Waals surface area contributed by atoms with Gasteiger partial charge in [-0.05, 0) is 41.8 Å². The van der Waals surface area contributed by atoms with Crippen molar-refractivity contribution in [3.05, 3.63) is 74.8 Å². The number of fused-ring (bicyclic) bond motifs is 1. The Morgan fingerprint density at radius 2 is 2.06 bits per heavy atom. The Balaban J connectivity index is 1.64. The van der Waals surface area contributed by atoms with E-state index in [9.17, 15) is 22.2 Å². The third-order valence-electron chi connectivity index (χ3n) is 5.50. The van der Waals surface area contributed by atoms with Crippen LogP contribution in [0.4, 0.5) is 19.0 Å². The van der Waals surface area contributed by atoms with Crippen LogP contribution in [0.3, 0.4) is 0 Å². The van der Waals surface area contributed by atoms with Crippen LogP contribution in [-0.4, -0.2) is 43.1 Å². The molecule has 1 aliphatic rings. The van der Waals surface area contributed by atoms with Gasteiger partial charge in [0, 0.05) is 48.9 Å². The summed E-state index contributed by atoms with van der Waals surface area (Å²) in [6.07, 6.45) is -3.76. The quantitative estimate of drug-likeness (QED) is 0.504. The number of nitrogens with one attached hydrogen (secondary N) is 1. The molecule has 4 rings (SSSR count). The number of benzene rings is 1. The fourth-order valence-electron chi connectivity index (χ4n) is 3.84. The predicted octanol–water partition coefficient (Wildman–Crippen LogP) is 3.83. The van der Waals surface area contributed by atoms with E-state index in [1.807, 2.05) is 0 Å². The maximum Gasteiger partial charge on any atom is 0.389 e. The van der Waals surface area contributed by atoms with Crippen molar-refractivity contribution in [2.24, 2.45) is 0 Å². The molecule has 1 N–H and O–H groups in total. The Hall–Kier alpha value is -2.96. The minimum Gasteiger partial charge on any atom is -0.495 e. The first-order valence-corrected chi connectivity index (χ1v) is 12.0. The first kappa shape index (κ1) is 25.1. The summed E-state index contributed by atoms with van der Waals surface area (Å²) in [4.78, 5) is 12.9. The summed E-state index contributed by atoms with van der Waals surface area (Å²) >= 11 is 4.72. The van der Waals surface area contributed by atoms with Crippen LogP contribution < -0.4 is 15.0 Å². The molecule has 13 heteroatoms. The van der Waals surface area contributed by atoms with E-state index in [2.05, 4.69) is 14.9 Å². The summed E-state index contributed by atoms with van der Waals surface area (Å²) in [6.45, 7) is 0.658. The second-order valence-corrected chi connectivity index (χ2v) is 9.41. The highest BCUT2D eigenvalue weighted by atomic mass is 35.5. The Morgan fingerprint density at radius 1 is 1.26 bits per heavy atom. The molecule has 1 aliphatic heterocycles. The molecular formula is C22H21ClF3N5O3S. The number of aromatic nitrogens is 3. The zero-order chi connectivity index (χ0) is 25.2. The fraction of sp³-hybridized carbons (Fsp3) is 0.318. The second-order valence-electron chi connectivity index (χ2n) is 7.78. The normalized spacial score (nSPS) is 14.9. The van der Waals surface area contributed by atoms with Crippen LogP contribution >= 0.6 is 11.6 Å². The van der Waals surface area contributed by atoms with Crippen molar-refractivity contribution in [2.45, 2.75) is 32.0 Å². The SMILES string of the molecule is COc1cc(CCC(F)(F)F)c(Cl)cc1-n1c2c(ccc1=O)CN(S(=O)Nc1cccnn1)CC2. The molecule has 3 aromatic rings. The molecule has 35 heavy (non-hydrogen) atoms. The van der Waals surface area contributed by atoms with Gasteiger partial charge in [-0.25, -0.2) is 8.51 Å². The highest BCUT2D eigenvalue weighted by Gasteiger charge is 2.28. The van der Waals surface area contributed by atoms with E-state index in [1.54, 1.807) is 22.5 Å². The van der Waals surface area contributed by atoms with E-state index in [0.717, 1.165) is 5.56 Å². The van der Waals surface area contributed by atoms with Crippen molar-refractivity contribution >= 4 is 28.6 Å². The predicted molar refractivity (Wildman–Crippen MR) is 126 cm³/mol. The third kappa shape index (κ3) is 5.82. The number of pyridine rings is 1. The summed E-state index contributed by atoms with van der Waals surface area (Å²) < 4.78 is 62.2. The van der Waals surface area contributed by atoms with Gasteiger partial charge in [0.25, 0.3) is 5.56 Å². The first-order chi connectivity index (χ1) is 16.7. The molecule has 2 aromatic heterocycles. The van der Waals surface area contributed by atoms with Gasteiger partial charge in [0.05, 0.1) is 12.8 Å². The number of halogens is 4. The van der Waals surface area contributed by atoms with Gasteiger partial charge in [-0.3, -0.25) is 14.1 Å². The van der Waals surface area contributed by atoms with E-state index in [0.29, 0.717) is 30.2 Å². The number of aryl methyl sites for hydroxylation is 1. The minimum atomic E-state index is -4.32. The number of hydrogen-bond donors (Lipinski definition) is 1. The number of ether oxygens (including phenoxy) is 1. The Bertz CT molecular complexity index is 1300. The number of alkyl halides is 3. The van der Waals surface area contributed by atoms with Crippen molar-refractivity contribution in [3.63, 3.8) is 0 Å². The molecule has 1 unspecified atom stereocenters. The lowest BCUT2D eigenvalue weighted by Gasteiger charge is -2.29. The van der Waals surface area contributed by atoms with Crippen molar-refractivity contribution in [2.75, 3.05) is 18.4 Å². The molecule has 0 amide bonds. The highest BCUT2D eigenvalue weighted by molar-refractivity contribution is 7.84. The lowest BCUT2D eigenvalue weighted by atomic mass is 10.0. The molecule has 0 saturated heterocycles. The first-order valence-electron chi connectivity index (χ1n) is 10.5. The summed E-state index contributed by atoms with van der Waals surface area (Å²) in [5.41, 5.74) is 1.72. The minimum absolute atomic E-state index is 0.112. The molecule has 8 nitrogen and oxygen atoms in total. The maximum absolute atomic E-state index is 12.9. The molecule has 0 radical (unpaired) electrons. The van der Waals surface area contributed by atoms with E-state index in [1.165, 1.54) is 36.1 Å². The van der Waals surface area contributed by atoms with E-state index in [-0.39, 0.29) is 34.9 Å². The van der Waals surface area contributed by atoms with E-state index < -0.39 is 23.8 Å². The maximum atomic E-state index is 12.9. The molecule has 1 atom stereocenters. The number of rotatable bonds is 7. The Kier molecular flexibility index (Phi) is 7.43. The summed E-state index contributed by atoms with van der Waals surface area (Å²) in [5.74, 6) is 0.601. The van der Waals surface area contributed by atoms with Gasteiger partial charge in [-0.1, -0.05) is 17.7 Å². The molecule has 1 aromatic carbocycles. The Morgan fingerprint density at radius 3 is 2.74 bits per heavy atom. The van der Waals surface area contributed by atoms with Gasteiger partial charge >= 0.3 is 6.18 Å². The summed E-state index contributed by atoms with van der Waals surface area (Å²) in [7, 11) is 1.38. The molecule has 0 aliphatic carbocycles. The largest absolute Gasteiger partial charge is 0.495 e. The lowest BCUT2D eigenvalue weighted by molar-refractivity contribution is -0.133. The van der Waals surface area contributed by atoms with Crippen LogP contribution in [-0.2, 0) is 30.6 Å². The number of anilines is 1. The van der Waals surface area contributed by atoms with Gasteiger partial charge in [0.2, 0.25) is 0 Å². The van der Waals surface area contributed by atoms with Crippen molar-refractivity contribution in [3.8, 4) is 11.4 Å². The third-order valence-corrected chi connectivity index (χ3v) is 7.01. The monoisotopic (exact) mass is 527 g/mol. The molecule has 0 saturated carbocycles. The van der Waals surface area contributed by atoms with Gasteiger partial charge in [-0.2, -0.15) is 18.3 Å². The summed E-state index contributed by atoms with van der Waals surface area (Å²) in [6, 6.07) is 9.26. The smallest absolute Gasteiger partial charge is 0.389 e. The highest BCUT2D eigenvalue weighted by Crippen LogP contribution is 2.34. The van der Waals surface area contributed by atoms with Crippen LogP contribution in [0.2, 0.25) is 5.02 Å². The zero-order valence-electron chi connectivity index (χ0n) is 18.5. The number of hydrogen-bond acceptors (Lipinski definition) is 5. The molecule has 0 bridgehead atoms. The van der Waals surface area contributed by atoms with Crippen molar-refractivity contribution in [1.82, 2.24) is 19.1 Å². The van der Waals surface area contributed by atoms with Gasteiger partial charge in [0.15, 0.2) is 17.0 Å². The molecule has 3 heterocycles. The molecule has 186 valence electrons. The fourth-order valence-corrected chi connectivity index (χ4v) is 5.02. The number of methoxy groups -OCH3 is 1. The number of nitrogens with zero attached hydrogens (tertiary/aromatic N) is 4. The topological polar surface area (TPSA) is 89.4 Å². The van der Waals surface area contributed by atoms with Gasteiger partial charge in [-0.15, -0.1) is 5.10 Å². The van der Waals surface area contributed by atoms with Crippen molar-refractivity contribution in [1.29, 1.82) is 0 Å². The van der Waals surface area contributed by atoms with E-state index in [4.69, 9.17) is 16.3 Å². The van der Waals surface area contributed by atoms with Gasteiger partial charge in [0.1, 0.15) is 5.75 Å². The van der Waals surface area contributed by atoms with Crippen LogP contribution in [0.5, 0.6) is 5.75 Å². The van der Waals surface area contributed by atoms with Crippen LogP contribution in [0.25, 0.3) is 5.69 Å². The van der Waals surface area contributed by atoms with E-state index >= 15 is 0 Å². The van der Waals surface area contributed by atoms with Crippen LogP contribution in [0.15, 0.2) is 47.4 Å². The summed E-state index contributed by atoms with van der Waals surface area (Å²) in [5, 5.41) is 7.73. The Labute approximate surface area is 206 Å². The standard InChI is InChI=1S/C22H21ClF3N5O3S/c1-34-19-11-14(6-8-22(24,25)26)16(23)12-18(19)31-17-7-10-30(13-15(17)4-5-21(31)32)35(33)29-20-3-2-9-27-28-20/h2-5,9,11-12H,6-8,10,13H2,1H3,(H,28,29). The van der Waals surface area contributed by atoms with Gasteiger partial charge < -0.3 is 4.74 Å². The average Bonchev–Trinajstić information content (AvgIpc) is 2.83. The molecule has 0 spiro atoms. The zero-order valence-corrected chi connectivity index (χ0v) is 20.1. The average molecular weight is 528 g/mol. The van der Waals surface area contributed by atoms with Crippen LogP contribution in [0.1, 0.15) is 23.2 Å². The lowest BCUT2D eigenvalue weighted by Crippen LogP contribution is -2.38.